The van der Waals surface area contributed by atoms with E-state index in [0.29, 0.717) is 53.3 Å². The Morgan fingerprint density at radius 3 is 2.34 bits per heavy atom. The zero-order chi connectivity index (χ0) is 60.2. The molecule has 7 unspecified atom stereocenters. The number of unbranched alkanes of at least 4 members (excludes halogenated alkanes) is 1. The van der Waals surface area contributed by atoms with E-state index in [1.54, 1.807) is 11.3 Å². The number of hydrogen-bond donors (Lipinski definition) is 4. The molecule has 5 fully saturated rings. The van der Waals surface area contributed by atoms with E-state index in [1.165, 1.54) is 62.5 Å². The zero-order valence-electron chi connectivity index (χ0n) is 52.1. The molecular weight excluding hydrogens is 1060 g/mol. The van der Waals surface area contributed by atoms with Crippen molar-refractivity contribution in [1.29, 1.82) is 5.41 Å². The van der Waals surface area contributed by atoms with Gasteiger partial charge in [0, 0.05) is 122 Å². The fourth-order valence-electron chi connectivity index (χ4n) is 12.9. The van der Waals surface area contributed by atoms with Gasteiger partial charge in [-0.25, -0.2) is 4.98 Å². The SMILES string of the molecule is C=CC(C(C)C)N1CCC(CN(C)CC)C1.C=CC1C(C2CC2)N1C.C=CCCC(C)(C)Cc1c(-c2cc(N3CCN(C4CC4)CC3)cnc2C(C)C=N)n(CC(F)(F)F)c2ccc(-c3csc(CC(NC)C(=C)CCCCNN)n3)cc12. The second-order valence-electron chi connectivity index (χ2n) is 25.7. The van der Waals surface area contributed by atoms with Crippen LogP contribution in [0.1, 0.15) is 128 Å². The monoisotopic (exact) mass is 1160 g/mol. The Morgan fingerprint density at radius 1 is 1.01 bits per heavy atom. The molecule has 5 N–H and O–H groups in total. The van der Waals surface area contributed by atoms with Gasteiger partial charge in [0.2, 0.25) is 0 Å². The fraction of sp³-hybridized carbons (Fsp3) is 0.627. The van der Waals surface area contributed by atoms with Gasteiger partial charge in [-0.2, -0.15) is 13.2 Å². The molecular formula is C67H103F3N12S. The number of nitrogens with one attached hydrogen (secondary N) is 3. The number of pyridine rings is 1. The van der Waals surface area contributed by atoms with Gasteiger partial charge in [-0.05, 0) is 152 Å². The van der Waals surface area contributed by atoms with Crippen LogP contribution in [-0.2, 0) is 19.4 Å². The van der Waals surface area contributed by atoms with Crippen LogP contribution in [-0.4, -0.2) is 157 Å². The summed E-state index contributed by atoms with van der Waals surface area (Å²) in [5, 5.41) is 15.4. The second kappa shape index (κ2) is 30.2. The first kappa shape index (κ1) is 66.0. The minimum absolute atomic E-state index is 0.0691. The van der Waals surface area contributed by atoms with Crippen molar-refractivity contribution in [3.8, 4) is 22.5 Å². The van der Waals surface area contributed by atoms with Crippen molar-refractivity contribution >= 4 is 34.1 Å². The van der Waals surface area contributed by atoms with E-state index in [4.69, 9.17) is 21.2 Å². The standard InChI is InChI=1S/C45H62F3N9S.C14H28N2.C8H13N/c1-7-8-16-44(4,5)25-37-35-22-32(39-28-58-41(54-39)24-38(51-6)30(2)11-9-10-17-53-50)12-15-40(35)57(29-45(46,47)48)43(37)36-23-34(27-52-42(36)31(3)26-49)56-20-18-55(19-21-56)33-13-14-33;1-6-14(12(3)4)16-9-8-13(11-16)10-15(5)7-2;1-3-7-8(9(7)2)6-4-5-6/h7,12,15,22-23,26-28,31,33,38,49,51,53H,1-2,8-11,13-14,16-21,24-25,29,50H2,3-6H3;6,12-14H,1,7-11H2,2-5H3;3,6-8H,1,4-5H2,2H3. The van der Waals surface area contributed by atoms with Crippen LogP contribution in [0.25, 0.3) is 33.4 Å². The highest BCUT2D eigenvalue weighted by Gasteiger charge is 2.51. The first-order chi connectivity index (χ1) is 39.7. The molecule has 5 aliphatic rings. The van der Waals surface area contributed by atoms with Gasteiger partial charge in [0.05, 0.1) is 34.0 Å². The highest BCUT2D eigenvalue weighted by Crippen LogP contribution is 2.47. The summed E-state index contributed by atoms with van der Waals surface area (Å²) in [6.45, 7) is 37.2. The lowest BCUT2D eigenvalue weighted by atomic mass is 9.80. The van der Waals surface area contributed by atoms with Gasteiger partial charge in [-0.3, -0.25) is 31.0 Å². The maximum Gasteiger partial charge on any atom is 0.406 e. The molecule has 7 atom stereocenters. The van der Waals surface area contributed by atoms with Crippen LogP contribution < -0.4 is 21.5 Å². The summed E-state index contributed by atoms with van der Waals surface area (Å²) in [4.78, 5) is 22.3. The summed E-state index contributed by atoms with van der Waals surface area (Å²) in [6, 6.07) is 10.7. The molecule has 1 aromatic carbocycles. The lowest BCUT2D eigenvalue weighted by molar-refractivity contribution is -0.139. The summed E-state index contributed by atoms with van der Waals surface area (Å²) < 4.78 is 45.9. The molecule has 2 saturated carbocycles. The van der Waals surface area contributed by atoms with Crippen LogP contribution >= 0.6 is 11.3 Å². The predicted octanol–water partition coefficient (Wildman–Crippen LogP) is 13.0. The predicted molar refractivity (Wildman–Crippen MR) is 345 cm³/mol. The van der Waals surface area contributed by atoms with E-state index in [-0.39, 0.29) is 11.5 Å². The number of likely N-dealkylation sites (tertiary alicyclic amines) is 1. The molecule has 3 aromatic heterocycles. The number of thiazole rings is 1. The summed E-state index contributed by atoms with van der Waals surface area (Å²) >= 11 is 1.59. The van der Waals surface area contributed by atoms with Gasteiger partial charge >= 0.3 is 6.18 Å². The maximum atomic E-state index is 14.8. The van der Waals surface area contributed by atoms with E-state index >= 15 is 0 Å². The normalized spacial score (nSPS) is 21.5. The van der Waals surface area contributed by atoms with Crippen LogP contribution in [0.15, 0.2) is 86.0 Å². The Balaban J connectivity index is 0.000000322. The first-order valence-corrected chi connectivity index (χ1v) is 32.0. The van der Waals surface area contributed by atoms with Crippen LogP contribution in [0.5, 0.6) is 0 Å². The number of piperazine rings is 1. The number of halogens is 3. The fourth-order valence-corrected chi connectivity index (χ4v) is 13.7. The number of alkyl halides is 3. The minimum atomic E-state index is -4.48. The number of fused-ring (bicyclic) bond motifs is 1. The Morgan fingerprint density at radius 2 is 1.75 bits per heavy atom. The topological polar surface area (TPSA) is 121 Å². The molecule has 3 saturated heterocycles. The molecule has 12 nitrogen and oxygen atoms in total. The van der Waals surface area contributed by atoms with E-state index in [0.717, 1.165) is 134 Å². The second-order valence-corrected chi connectivity index (χ2v) is 26.6. The molecule has 3 aliphatic heterocycles. The molecule has 0 radical (unpaired) electrons. The first-order valence-electron chi connectivity index (χ1n) is 31.1. The van der Waals surface area contributed by atoms with Crippen molar-refractivity contribution in [3.05, 3.63) is 102 Å². The number of nitrogens with zero attached hydrogens (tertiary/aromatic N) is 8. The molecule has 6 heterocycles. The van der Waals surface area contributed by atoms with Crippen molar-refractivity contribution in [1.82, 2.24) is 44.9 Å². The molecule has 0 bridgehead atoms. The highest BCUT2D eigenvalue weighted by molar-refractivity contribution is 7.10. The Hall–Kier alpha value is -4.52. The number of aromatic nitrogens is 3. The number of anilines is 1. The van der Waals surface area contributed by atoms with Gasteiger partial charge in [-0.15, -0.1) is 31.1 Å². The lowest BCUT2D eigenvalue weighted by Crippen LogP contribution is -2.47. The third-order valence-corrected chi connectivity index (χ3v) is 19.1. The Kier molecular flexibility index (Phi) is 24.0. The average molecular weight is 1170 g/mol. The van der Waals surface area contributed by atoms with Crippen LogP contribution in [0.2, 0.25) is 0 Å². The van der Waals surface area contributed by atoms with Crippen LogP contribution in [0.4, 0.5) is 18.9 Å². The minimum Gasteiger partial charge on any atom is -0.368 e. The molecule has 0 spiro atoms. The lowest BCUT2D eigenvalue weighted by Gasteiger charge is -2.36. The third kappa shape index (κ3) is 18.0. The number of hydrazine groups is 1. The van der Waals surface area contributed by atoms with E-state index < -0.39 is 18.6 Å². The highest BCUT2D eigenvalue weighted by atomic mass is 32.1. The van der Waals surface area contributed by atoms with Crippen LogP contribution in [0, 0.1) is 28.6 Å². The van der Waals surface area contributed by atoms with Crippen molar-refractivity contribution in [3.63, 3.8) is 0 Å². The molecule has 9 rings (SSSR count). The van der Waals surface area contributed by atoms with Crippen molar-refractivity contribution in [2.24, 2.45) is 29.0 Å². The summed E-state index contributed by atoms with van der Waals surface area (Å²) in [7, 11) is 6.35. The number of likely N-dealkylation sites (N-methyl/N-ethyl adjacent to an activating group) is 2. The van der Waals surface area contributed by atoms with Gasteiger partial charge < -0.3 is 25.1 Å². The molecule has 2 aliphatic carbocycles. The van der Waals surface area contributed by atoms with Crippen molar-refractivity contribution in [2.75, 3.05) is 84.9 Å². The van der Waals surface area contributed by atoms with Crippen LogP contribution in [0.3, 0.4) is 0 Å². The summed E-state index contributed by atoms with van der Waals surface area (Å²) in [5.74, 6) is 7.59. The van der Waals surface area contributed by atoms with Crippen molar-refractivity contribution < 1.29 is 13.2 Å². The van der Waals surface area contributed by atoms with E-state index in [9.17, 15) is 13.2 Å². The molecule has 83 heavy (non-hydrogen) atoms. The average Bonchev–Trinajstić information content (AvgIpc) is 4.53. The van der Waals surface area contributed by atoms with E-state index in [1.807, 2.05) is 55.9 Å². The summed E-state index contributed by atoms with van der Waals surface area (Å²) in [5.41, 5.74) is 9.30. The number of rotatable bonds is 29. The third-order valence-electron chi connectivity index (χ3n) is 18.2. The van der Waals surface area contributed by atoms with Gasteiger partial charge in [-0.1, -0.05) is 78.0 Å². The quantitative estimate of drug-likeness (QED) is 0.0104. The largest absolute Gasteiger partial charge is 0.406 e. The number of nitrogens with two attached hydrogens (primary N) is 1. The van der Waals surface area contributed by atoms with E-state index in [2.05, 4.69) is 122 Å². The zero-order valence-corrected chi connectivity index (χ0v) is 52.9. The van der Waals surface area contributed by atoms with Gasteiger partial charge in [0.15, 0.2) is 0 Å². The number of allylic oxidation sites excluding steroid dienone is 1. The van der Waals surface area contributed by atoms with Gasteiger partial charge in [0.1, 0.15) is 6.54 Å². The maximum absolute atomic E-state index is 14.8. The summed E-state index contributed by atoms with van der Waals surface area (Å²) in [6.07, 6.45) is 17.3. The molecule has 16 heteroatoms. The Bertz CT molecular complexity index is 2750. The Labute approximate surface area is 501 Å². The smallest absolute Gasteiger partial charge is 0.368 e. The number of hydrogen-bond acceptors (Lipinski definition) is 12. The molecule has 458 valence electrons. The van der Waals surface area contributed by atoms with Crippen molar-refractivity contribution in [2.45, 2.75) is 167 Å². The molecule has 4 aromatic rings. The molecule has 0 amide bonds. The number of benzene rings is 1. The van der Waals surface area contributed by atoms with Gasteiger partial charge in [0.25, 0.3) is 0 Å².